The van der Waals surface area contributed by atoms with Crippen LogP contribution >= 0.6 is 0 Å². The monoisotopic (exact) mass is 192 g/mol. The molecule has 1 rings (SSSR count). The van der Waals surface area contributed by atoms with Gasteiger partial charge in [0.05, 0.1) is 0 Å². The molecule has 0 aromatic heterocycles. The molecule has 3 heteroatoms. The lowest BCUT2D eigenvalue weighted by atomic mass is 10.2. The zero-order valence-electron chi connectivity index (χ0n) is 8.11. The lowest BCUT2D eigenvalue weighted by Gasteiger charge is -2.02. The number of aliphatic hydroxyl groups is 1. The van der Waals surface area contributed by atoms with Gasteiger partial charge >= 0.3 is 0 Å². The Morgan fingerprint density at radius 2 is 2.07 bits per heavy atom. The van der Waals surface area contributed by atoms with Crippen LogP contribution in [0.5, 0.6) is 0 Å². The lowest BCUT2D eigenvalue weighted by molar-refractivity contribution is 0.298. The largest absolute Gasteiger partial charge is 0.401 e. The summed E-state index contributed by atoms with van der Waals surface area (Å²) in [6.45, 7) is 0.850. The highest BCUT2D eigenvalue weighted by molar-refractivity contribution is 5.14. The van der Waals surface area contributed by atoms with Gasteiger partial charge in [-0.1, -0.05) is 30.3 Å². The van der Waals surface area contributed by atoms with Crippen molar-refractivity contribution >= 4 is 0 Å². The summed E-state index contributed by atoms with van der Waals surface area (Å²) in [6, 6.07) is 10.1. The topological polar surface area (TPSA) is 58.3 Å². The number of benzene rings is 1. The molecule has 0 radical (unpaired) electrons. The second-order valence-electron chi connectivity index (χ2n) is 3.06. The van der Waals surface area contributed by atoms with Crippen LogP contribution in [0.4, 0.5) is 0 Å². The van der Waals surface area contributed by atoms with Crippen molar-refractivity contribution in [1.29, 1.82) is 0 Å². The molecule has 0 fully saturated rings. The van der Waals surface area contributed by atoms with Crippen molar-refractivity contribution in [3.8, 4) is 0 Å². The predicted molar refractivity (Wildman–Crippen MR) is 57.3 cm³/mol. The average Bonchev–Trinajstić information content (AvgIpc) is 2.20. The van der Waals surface area contributed by atoms with Gasteiger partial charge in [0.2, 0.25) is 0 Å². The number of nitrogens with two attached hydrogens (primary N) is 1. The molecule has 4 N–H and O–H groups in total. The molecular formula is C11H16N2O. The predicted octanol–water partition coefficient (Wildman–Crippen LogP) is 0.959. The van der Waals surface area contributed by atoms with Gasteiger partial charge in [0.1, 0.15) is 0 Å². The number of hydrogen-bond donors (Lipinski definition) is 3. The molecule has 0 spiro atoms. The molecule has 0 heterocycles. The number of nitrogens with one attached hydrogen (secondary N) is 1. The van der Waals surface area contributed by atoms with E-state index in [1.165, 1.54) is 5.56 Å². The summed E-state index contributed by atoms with van der Waals surface area (Å²) in [5, 5.41) is 11.7. The van der Waals surface area contributed by atoms with Crippen molar-refractivity contribution in [3.05, 3.63) is 47.8 Å². The van der Waals surface area contributed by atoms with E-state index in [1.807, 2.05) is 30.3 Å². The molecule has 0 amide bonds. The summed E-state index contributed by atoms with van der Waals surface area (Å²) in [4.78, 5) is 0. The van der Waals surface area contributed by atoms with E-state index in [0.717, 1.165) is 6.54 Å². The molecule has 0 saturated heterocycles. The molecule has 0 aliphatic carbocycles. The summed E-state index contributed by atoms with van der Waals surface area (Å²) < 4.78 is 0. The maximum atomic E-state index is 8.60. The zero-order chi connectivity index (χ0) is 10.2. The first-order valence-electron chi connectivity index (χ1n) is 4.65. The Morgan fingerprint density at radius 3 is 2.71 bits per heavy atom. The van der Waals surface area contributed by atoms with E-state index in [4.69, 9.17) is 10.8 Å². The summed E-state index contributed by atoms with van der Waals surface area (Å²) in [5.74, 6) is 0. The third-order valence-electron chi connectivity index (χ3n) is 1.84. The van der Waals surface area contributed by atoms with Crippen LogP contribution in [0.25, 0.3) is 0 Å². The molecule has 14 heavy (non-hydrogen) atoms. The van der Waals surface area contributed by atoms with Crippen molar-refractivity contribution in [2.24, 2.45) is 5.73 Å². The highest BCUT2D eigenvalue weighted by Gasteiger charge is 1.89. The highest BCUT2D eigenvalue weighted by atomic mass is 16.3. The third kappa shape index (κ3) is 3.96. The van der Waals surface area contributed by atoms with Crippen LogP contribution in [0.2, 0.25) is 0 Å². The quantitative estimate of drug-likeness (QED) is 0.651. The Labute approximate surface area is 84.3 Å². The van der Waals surface area contributed by atoms with Gasteiger partial charge in [-0.2, -0.15) is 0 Å². The van der Waals surface area contributed by atoms with Crippen molar-refractivity contribution in [1.82, 2.24) is 5.32 Å². The molecule has 76 valence electrons. The van der Waals surface area contributed by atoms with Gasteiger partial charge in [0, 0.05) is 31.5 Å². The van der Waals surface area contributed by atoms with E-state index in [9.17, 15) is 0 Å². The minimum absolute atomic E-state index is 0.0926. The normalized spacial score (nSPS) is 11.4. The van der Waals surface area contributed by atoms with Crippen LogP contribution in [0, 0.1) is 0 Å². The van der Waals surface area contributed by atoms with Crippen LogP contribution in [-0.4, -0.2) is 11.7 Å². The van der Waals surface area contributed by atoms with Gasteiger partial charge in [0.15, 0.2) is 0 Å². The zero-order valence-corrected chi connectivity index (χ0v) is 8.11. The van der Waals surface area contributed by atoms with Gasteiger partial charge in [-0.25, -0.2) is 0 Å². The van der Waals surface area contributed by atoms with E-state index >= 15 is 0 Å². The summed E-state index contributed by atoms with van der Waals surface area (Å²) in [7, 11) is 0. The molecule has 0 aliphatic heterocycles. The fourth-order valence-electron chi connectivity index (χ4n) is 1.10. The first kappa shape index (κ1) is 10.6. The van der Waals surface area contributed by atoms with Gasteiger partial charge in [-0.3, -0.25) is 0 Å². The Morgan fingerprint density at radius 1 is 1.36 bits per heavy atom. The van der Waals surface area contributed by atoms with Gasteiger partial charge in [-0.15, -0.1) is 0 Å². The second kappa shape index (κ2) is 6.05. The molecule has 0 atom stereocenters. The van der Waals surface area contributed by atoms with Crippen LogP contribution in [-0.2, 0) is 6.54 Å². The number of rotatable bonds is 5. The van der Waals surface area contributed by atoms with Crippen molar-refractivity contribution < 1.29 is 5.11 Å². The Balaban J connectivity index is 2.31. The standard InChI is InChI=1S/C11H16N2O/c12-11(6-7-14)9-13-8-10-4-2-1-3-5-10/h1-5,9,13-14H,6-8,12H2/b11-9-. The third-order valence-corrected chi connectivity index (χ3v) is 1.84. The minimum Gasteiger partial charge on any atom is -0.401 e. The van der Waals surface area contributed by atoms with Crippen molar-refractivity contribution in [2.45, 2.75) is 13.0 Å². The fourth-order valence-corrected chi connectivity index (χ4v) is 1.10. The van der Waals surface area contributed by atoms with E-state index < -0.39 is 0 Å². The molecular weight excluding hydrogens is 176 g/mol. The first-order chi connectivity index (χ1) is 6.83. The molecule has 0 saturated carbocycles. The van der Waals surface area contributed by atoms with Gasteiger partial charge in [0.25, 0.3) is 0 Å². The molecule has 0 aliphatic rings. The number of aliphatic hydroxyl groups excluding tert-OH is 1. The average molecular weight is 192 g/mol. The van der Waals surface area contributed by atoms with E-state index in [-0.39, 0.29) is 6.61 Å². The minimum atomic E-state index is 0.0926. The van der Waals surface area contributed by atoms with Gasteiger partial charge < -0.3 is 16.2 Å². The maximum absolute atomic E-state index is 8.60. The SMILES string of the molecule is N/C(=C\NCc1ccccc1)CCO. The number of hydrogen-bond acceptors (Lipinski definition) is 3. The fraction of sp³-hybridized carbons (Fsp3) is 0.273. The van der Waals surface area contributed by atoms with E-state index in [0.29, 0.717) is 12.1 Å². The van der Waals surface area contributed by atoms with Crippen LogP contribution in [0.15, 0.2) is 42.2 Å². The Kier molecular flexibility index (Phi) is 4.58. The Bertz CT molecular complexity index is 283. The molecule has 0 bridgehead atoms. The van der Waals surface area contributed by atoms with Crippen LogP contribution in [0.1, 0.15) is 12.0 Å². The maximum Gasteiger partial charge on any atom is 0.0486 e. The smallest absolute Gasteiger partial charge is 0.0486 e. The summed E-state index contributed by atoms with van der Waals surface area (Å²) >= 11 is 0. The van der Waals surface area contributed by atoms with Gasteiger partial charge in [-0.05, 0) is 5.56 Å². The lowest BCUT2D eigenvalue weighted by Crippen LogP contribution is -2.10. The van der Waals surface area contributed by atoms with E-state index in [2.05, 4.69) is 5.32 Å². The van der Waals surface area contributed by atoms with Crippen molar-refractivity contribution in [3.63, 3.8) is 0 Å². The van der Waals surface area contributed by atoms with Crippen LogP contribution in [0.3, 0.4) is 0 Å². The molecule has 1 aromatic carbocycles. The summed E-state index contributed by atoms with van der Waals surface area (Å²) in [6.07, 6.45) is 2.25. The first-order valence-corrected chi connectivity index (χ1v) is 4.65. The highest BCUT2D eigenvalue weighted by Crippen LogP contribution is 1.97. The molecule has 3 nitrogen and oxygen atoms in total. The Hall–Kier alpha value is -1.48. The second-order valence-corrected chi connectivity index (χ2v) is 3.06. The molecule has 1 aromatic rings. The van der Waals surface area contributed by atoms with Crippen molar-refractivity contribution in [2.75, 3.05) is 6.61 Å². The van der Waals surface area contributed by atoms with Crippen LogP contribution < -0.4 is 11.1 Å². The van der Waals surface area contributed by atoms with E-state index in [1.54, 1.807) is 6.20 Å². The molecule has 0 unspecified atom stereocenters. The summed E-state index contributed by atoms with van der Waals surface area (Å²) in [5.41, 5.74) is 7.47.